The van der Waals surface area contributed by atoms with Crippen molar-refractivity contribution >= 4 is 24.6 Å². The lowest BCUT2D eigenvalue weighted by Crippen LogP contribution is -2.61. The molecule has 1 fully saturated rings. The Bertz CT molecular complexity index is 466. The van der Waals surface area contributed by atoms with Gasteiger partial charge in [-0.05, 0) is 6.72 Å². The first-order valence-corrected chi connectivity index (χ1v) is 6.92. The summed E-state index contributed by atoms with van der Waals surface area (Å²) in [6, 6.07) is -0.804. The topological polar surface area (TPSA) is 110 Å². The summed E-state index contributed by atoms with van der Waals surface area (Å²) in [5.41, 5.74) is 0. The fraction of sp³-hybridized carbons (Fsp3) is 0.714. The predicted octanol–water partition coefficient (Wildman–Crippen LogP) is -0.147. The van der Waals surface area contributed by atoms with E-state index in [-0.39, 0.29) is 6.61 Å². The van der Waals surface area contributed by atoms with Gasteiger partial charge in [0.15, 0.2) is 18.5 Å². The fourth-order valence-corrected chi connectivity index (χ4v) is 2.27. The monoisotopic (exact) mass is 331 g/mol. The molecule has 9 heteroatoms. The number of rotatable bonds is 6. The lowest BCUT2D eigenvalue weighted by atomic mass is 9.96. The van der Waals surface area contributed by atoms with Gasteiger partial charge in [0.05, 0.1) is 0 Å². The average molecular weight is 331 g/mol. The van der Waals surface area contributed by atoms with Gasteiger partial charge >= 0.3 is 17.9 Å². The average Bonchev–Trinajstić information content (AvgIpc) is 2.45. The van der Waals surface area contributed by atoms with Crippen molar-refractivity contribution in [2.24, 2.45) is 4.99 Å². The van der Waals surface area contributed by atoms with Gasteiger partial charge < -0.3 is 23.7 Å². The Morgan fingerprint density at radius 3 is 2.04 bits per heavy atom. The van der Waals surface area contributed by atoms with Crippen molar-refractivity contribution in [3.8, 4) is 0 Å². The third-order valence-electron chi connectivity index (χ3n) is 3.11. The van der Waals surface area contributed by atoms with E-state index in [0.717, 1.165) is 0 Å². The van der Waals surface area contributed by atoms with Gasteiger partial charge in [-0.3, -0.25) is 19.4 Å². The van der Waals surface area contributed by atoms with E-state index in [9.17, 15) is 14.4 Å². The number of esters is 3. The Morgan fingerprint density at radius 1 is 1.04 bits per heavy atom. The maximum absolute atomic E-state index is 11.4. The molecule has 0 amide bonds. The van der Waals surface area contributed by atoms with Crippen molar-refractivity contribution in [3.05, 3.63) is 0 Å². The molecule has 0 bridgehead atoms. The van der Waals surface area contributed by atoms with Crippen molar-refractivity contribution in [3.63, 3.8) is 0 Å². The zero-order valence-electron chi connectivity index (χ0n) is 13.5. The lowest BCUT2D eigenvalue weighted by molar-refractivity contribution is -0.267. The molecule has 1 aliphatic heterocycles. The standard InChI is InChI=1S/C14H21NO8/c1-7(16)20-6-10-12(21-8(2)17)13(22-9(3)18)11(15-4)14(19-5)23-10/h10-14H,4,6H2,1-3,5H3/t10?,11-,12-,13?,14-/m0/s1. The molecule has 9 nitrogen and oxygen atoms in total. The van der Waals surface area contributed by atoms with Crippen molar-refractivity contribution in [1.29, 1.82) is 0 Å². The molecule has 1 aliphatic rings. The number of carbonyl (C=O) groups excluding carboxylic acids is 3. The summed E-state index contributed by atoms with van der Waals surface area (Å²) >= 11 is 0. The number of methoxy groups -OCH3 is 1. The van der Waals surface area contributed by atoms with E-state index in [2.05, 4.69) is 11.7 Å². The van der Waals surface area contributed by atoms with Crippen LogP contribution in [0.5, 0.6) is 0 Å². The van der Waals surface area contributed by atoms with Crippen LogP contribution in [-0.4, -0.2) is 69.0 Å². The van der Waals surface area contributed by atoms with Gasteiger partial charge in [-0.2, -0.15) is 0 Å². The van der Waals surface area contributed by atoms with Gasteiger partial charge in [-0.15, -0.1) is 0 Å². The molecule has 0 radical (unpaired) electrons. The number of aliphatic imine (C=N–C) groups is 1. The van der Waals surface area contributed by atoms with Crippen LogP contribution in [0.4, 0.5) is 0 Å². The smallest absolute Gasteiger partial charge is 0.303 e. The number of hydrogen-bond acceptors (Lipinski definition) is 9. The minimum absolute atomic E-state index is 0.200. The van der Waals surface area contributed by atoms with Crippen LogP contribution in [0.15, 0.2) is 4.99 Å². The number of nitrogens with zero attached hydrogens (tertiary/aromatic N) is 1. The summed E-state index contributed by atoms with van der Waals surface area (Å²) in [5, 5.41) is 0. The molecule has 0 aromatic rings. The first kappa shape index (κ1) is 19.0. The van der Waals surface area contributed by atoms with Crippen LogP contribution in [0, 0.1) is 0 Å². The first-order chi connectivity index (χ1) is 10.8. The fourth-order valence-electron chi connectivity index (χ4n) is 2.27. The zero-order valence-corrected chi connectivity index (χ0v) is 13.5. The lowest BCUT2D eigenvalue weighted by Gasteiger charge is -2.42. The number of hydrogen-bond donors (Lipinski definition) is 0. The SMILES string of the molecule is C=N[C@H]1C(OC(C)=O)[C@@H](OC(C)=O)C(COC(C)=O)O[C@@H]1OC. The minimum atomic E-state index is -1.02. The van der Waals surface area contributed by atoms with Gasteiger partial charge in [0.1, 0.15) is 18.8 Å². The summed E-state index contributed by atoms with van der Waals surface area (Å²) in [7, 11) is 1.38. The van der Waals surface area contributed by atoms with E-state index < -0.39 is 48.6 Å². The summed E-state index contributed by atoms with van der Waals surface area (Å²) in [6.07, 6.45) is -3.77. The Hall–Kier alpha value is -2.00. The summed E-state index contributed by atoms with van der Waals surface area (Å²) in [5.74, 6) is -1.73. The Balaban J connectivity index is 3.10. The maximum atomic E-state index is 11.4. The number of carbonyl (C=O) groups is 3. The van der Waals surface area contributed by atoms with E-state index in [1.54, 1.807) is 0 Å². The Morgan fingerprint density at radius 2 is 1.61 bits per heavy atom. The van der Waals surface area contributed by atoms with Crippen molar-refractivity contribution in [1.82, 2.24) is 0 Å². The molecule has 23 heavy (non-hydrogen) atoms. The zero-order chi connectivity index (χ0) is 17.6. The van der Waals surface area contributed by atoms with Crippen molar-refractivity contribution in [2.75, 3.05) is 13.7 Å². The highest BCUT2D eigenvalue weighted by Crippen LogP contribution is 2.29. The molecule has 0 N–H and O–H groups in total. The normalized spacial score (nSPS) is 30.2. The summed E-state index contributed by atoms with van der Waals surface area (Å²) < 4.78 is 26.1. The van der Waals surface area contributed by atoms with Gasteiger partial charge in [0.25, 0.3) is 0 Å². The molecule has 0 spiro atoms. The highest BCUT2D eigenvalue weighted by molar-refractivity contribution is 5.68. The molecule has 1 rings (SSSR count). The highest BCUT2D eigenvalue weighted by Gasteiger charge is 2.50. The minimum Gasteiger partial charge on any atom is -0.463 e. The Kier molecular flexibility index (Phi) is 7.11. The molecular formula is C14H21NO8. The van der Waals surface area contributed by atoms with Crippen LogP contribution < -0.4 is 0 Å². The third kappa shape index (κ3) is 5.29. The largest absolute Gasteiger partial charge is 0.463 e. The summed E-state index contributed by atoms with van der Waals surface area (Å²) in [4.78, 5) is 37.6. The van der Waals surface area contributed by atoms with Gasteiger partial charge in [0, 0.05) is 27.9 Å². The van der Waals surface area contributed by atoms with E-state index >= 15 is 0 Å². The maximum Gasteiger partial charge on any atom is 0.303 e. The van der Waals surface area contributed by atoms with Crippen LogP contribution >= 0.6 is 0 Å². The quantitative estimate of drug-likeness (QED) is 0.375. The molecule has 5 atom stereocenters. The predicted molar refractivity (Wildman–Crippen MR) is 76.7 cm³/mol. The van der Waals surface area contributed by atoms with Crippen LogP contribution in [-0.2, 0) is 38.1 Å². The second kappa shape index (κ2) is 8.59. The molecule has 130 valence electrons. The summed E-state index contributed by atoms with van der Waals surface area (Å²) in [6.45, 7) is 6.87. The van der Waals surface area contributed by atoms with Crippen molar-refractivity contribution in [2.45, 2.75) is 51.4 Å². The van der Waals surface area contributed by atoms with Crippen LogP contribution in [0.2, 0.25) is 0 Å². The Labute approximate surface area is 133 Å². The molecule has 0 aromatic carbocycles. The molecule has 0 aliphatic carbocycles. The van der Waals surface area contributed by atoms with Gasteiger partial charge in [-0.1, -0.05) is 0 Å². The molecule has 0 aromatic heterocycles. The molecule has 1 heterocycles. The van der Waals surface area contributed by atoms with Crippen LogP contribution in [0.1, 0.15) is 20.8 Å². The highest BCUT2D eigenvalue weighted by atomic mass is 16.7. The van der Waals surface area contributed by atoms with Gasteiger partial charge in [-0.25, -0.2) is 0 Å². The second-order valence-electron chi connectivity index (χ2n) is 4.90. The second-order valence-corrected chi connectivity index (χ2v) is 4.90. The van der Waals surface area contributed by atoms with E-state index in [1.807, 2.05) is 0 Å². The van der Waals surface area contributed by atoms with Gasteiger partial charge in [0.2, 0.25) is 0 Å². The van der Waals surface area contributed by atoms with E-state index in [0.29, 0.717) is 0 Å². The number of ether oxygens (including phenoxy) is 5. The molecule has 1 saturated heterocycles. The molecule has 0 saturated carbocycles. The first-order valence-electron chi connectivity index (χ1n) is 6.92. The molecule has 2 unspecified atom stereocenters. The van der Waals surface area contributed by atoms with E-state index in [4.69, 9.17) is 23.7 Å². The van der Waals surface area contributed by atoms with Crippen LogP contribution in [0.3, 0.4) is 0 Å². The van der Waals surface area contributed by atoms with E-state index in [1.165, 1.54) is 27.9 Å². The van der Waals surface area contributed by atoms with Crippen molar-refractivity contribution < 1.29 is 38.1 Å². The third-order valence-corrected chi connectivity index (χ3v) is 3.11. The molecular weight excluding hydrogens is 310 g/mol. The van der Waals surface area contributed by atoms with Crippen LogP contribution in [0.25, 0.3) is 0 Å².